The quantitative estimate of drug-likeness (QED) is 0.794. The Hall–Kier alpha value is -2.66. The number of amides is 2. The van der Waals surface area contributed by atoms with Crippen molar-refractivity contribution in [2.45, 2.75) is 59.1 Å². The number of likely N-dealkylation sites (tertiary alicyclic amines) is 1. The number of piperidine rings is 1. The zero-order valence-corrected chi connectivity index (χ0v) is 18.1. The number of benzene rings is 1. The second-order valence-corrected chi connectivity index (χ2v) is 8.63. The summed E-state index contributed by atoms with van der Waals surface area (Å²) in [7, 11) is 0. The summed E-state index contributed by atoms with van der Waals surface area (Å²) in [5, 5.41) is 2.95. The first-order valence-corrected chi connectivity index (χ1v) is 10.6. The van der Waals surface area contributed by atoms with Gasteiger partial charge in [0.1, 0.15) is 6.61 Å². The zero-order chi connectivity index (χ0) is 22.1. The van der Waals surface area contributed by atoms with E-state index in [9.17, 15) is 9.59 Å². The predicted octanol–water partition coefficient (Wildman–Crippen LogP) is 3.39. The fourth-order valence-electron chi connectivity index (χ4n) is 4.28. The maximum atomic E-state index is 12.9. The van der Waals surface area contributed by atoms with Crippen LogP contribution in [0.1, 0.15) is 52.0 Å². The molecule has 1 heterocycles. The van der Waals surface area contributed by atoms with Gasteiger partial charge in [-0.05, 0) is 36.2 Å². The summed E-state index contributed by atoms with van der Waals surface area (Å²) < 4.78 is 5.32. The Balaban J connectivity index is 0.00000101. The van der Waals surface area contributed by atoms with Crippen molar-refractivity contribution in [1.29, 1.82) is 0 Å². The first kappa shape index (κ1) is 23.6. The first-order valence-electron chi connectivity index (χ1n) is 10.6. The van der Waals surface area contributed by atoms with Crippen LogP contribution in [-0.2, 0) is 25.7 Å². The minimum absolute atomic E-state index is 0.0184. The Kier molecular flexibility index (Phi) is 8.60. The van der Waals surface area contributed by atoms with Crippen molar-refractivity contribution in [2.75, 3.05) is 13.1 Å². The number of hydrogen-bond donors (Lipinski definition) is 1. The molecule has 2 fully saturated rings. The van der Waals surface area contributed by atoms with E-state index in [1.54, 1.807) is 0 Å². The average molecular weight is 417 g/mol. The van der Waals surface area contributed by atoms with E-state index >= 15 is 0 Å². The van der Waals surface area contributed by atoms with Crippen LogP contribution in [0.5, 0.6) is 0 Å². The molecule has 1 aromatic rings. The van der Waals surface area contributed by atoms with Crippen molar-refractivity contribution in [3.63, 3.8) is 0 Å². The standard InChI is InChI=1S/C22H32N2O3.CO2/c1-4-16-10-12-24(13-11-16)20(25)18-14-19(22(18,2)3)23-21(26)27-15-17-8-6-5-7-9-17;2-1-3/h5-9,16,18-19H,4,10-15H2,1-3H3,(H,23,26);/t18-,19-;/m0./s1. The van der Waals surface area contributed by atoms with E-state index in [0.717, 1.165) is 37.4 Å². The van der Waals surface area contributed by atoms with E-state index in [1.807, 2.05) is 35.2 Å². The average Bonchev–Trinajstić information content (AvgIpc) is 2.76. The fraction of sp³-hybridized carbons (Fsp3) is 0.609. The van der Waals surface area contributed by atoms with Gasteiger partial charge in [-0.1, -0.05) is 57.5 Å². The predicted molar refractivity (Wildman–Crippen MR) is 110 cm³/mol. The van der Waals surface area contributed by atoms with E-state index in [0.29, 0.717) is 6.42 Å². The molecule has 0 bridgehead atoms. The molecule has 1 aliphatic carbocycles. The molecule has 30 heavy (non-hydrogen) atoms. The Labute approximate surface area is 178 Å². The maximum Gasteiger partial charge on any atom is 0.407 e. The van der Waals surface area contributed by atoms with Crippen LogP contribution < -0.4 is 5.32 Å². The summed E-state index contributed by atoms with van der Waals surface area (Å²) in [5.41, 5.74) is 0.717. The van der Waals surface area contributed by atoms with Gasteiger partial charge in [0.2, 0.25) is 5.91 Å². The van der Waals surface area contributed by atoms with Crippen LogP contribution in [0.2, 0.25) is 0 Å². The van der Waals surface area contributed by atoms with Crippen LogP contribution in [0.4, 0.5) is 4.79 Å². The summed E-state index contributed by atoms with van der Waals surface area (Å²) in [4.78, 5) is 43.3. The van der Waals surface area contributed by atoms with Gasteiger partial charge >= 0.3 is 12.2 Å². The summed E-state index contributed by atoms with van der Waals surface area (Å²) in [5.74, 6) is 0.998. The second-order valence-electron chi connectivity index (χ2n) is 8.63. The zero-order valence-electron chi connectivity index (χ0n) is 18.1. The van der Waals surface area contributed by atoms with Gasteiger partial charge in [0, 0.05) is 25.0 Å². The Morgan fingerprint density at radius 1 is 1.17 bits per heavy atom. The molecule has 2 aliphatic rings. The van der Waals surface area contributed by atoms with Crippen molar-refractivity contribution in [1.82, 2.24) is 10.2 Å². The third-order valence-electron chi connectivity index (χ3n) is 6.57. The summed E-state index contributed by atoms with van der Waals surface area (Å²) in [6, 6.07) is 9.61. The Bertz CT molecular complexity index is 735. The topological polar surface area (TPSA) is 92.8 Å². The molecule has 0 radical (unpaired) electrons. The normalized spacial score (nSPS) is 22.6. The molecule has 7 nitrogen and oxygen atoms in total. The number of carbonyl (C=O) groups is 2. The molecule has 2 amide bonds. The number of nitrogens with zero attached hydrogens (tertiary/aromatic N) is 1. The van der Waals surface area contributed by atoms with Crippen molar-refractivity contribution in [3.8, 4) is 0 Å². The highest BCUT2D eigenvalue weighted by atomic mass is 16.5. The lowest BCUT2D eigenvalue weighted by molar-refractivity contribution is -0.191. The SMILES string of the molecule is CCC1CCN(C(=O)[C@@H]2C[C@H](NC(=O)OCc3ccccc3)C2(C)C)CC1.O=C=O. The van der Waals surface area contributed by atoms with Gasteiger partial charge in [0.15, 0.2) is 0 Å². The third kappa shape index (κ3) is 5.92. The van der Waals surface area contributed by atoms with E-state index in [1.165, 1.54) is 6.42 Å². The lowest BCUT2D eigenvalue weighted by atomic mass is 9.58. The van der Waals surface area contributed by atoms with Gasteiger partial charge in [-0.25, -0.2) is 4.79 Å². The molecule has 1 saturated heterocycles. The highest BCUT2D eigenvalue weighted by Gasteiger charge is 2.53. The molecule has 1 aromatic carbocycles. The molecule has 7 heteroatoms. The van der Waals surface area contributed by atoms with Crippen molar-refractivity contribution >= 4 is 18.2 Å². The smallest absolute Gasteiger partial charge is 0.407 e. The van der Waals surface area contributed by atoms with Crippen molar-refractivity contribution in [2.24, 2.45) is 17.3 Å². The molecule has 1 saturated carbocycles. The van der Waals surface area contributed by atoms with Gasteiger partial charge in [0.05, 0.1) is 0 Å². The number of alkyl carbamates (subject to hydrolysis) is 1. The van der Waals surface area contributed by atoms with Crippen LogP contribution in [0.3, 0.4) is 0 Å². The molecular weight excluding hydrogens is 384 g/mol. The van der Waals surface area contributed by atoms with Crippen LogP contribution >= 0.6 is 0 Å². The van der Waals surface area contributed by atoms with E-state index in [2.05, 4.69) is 26.1 Å². The van der Waals surface area contributed by atoms with Crippen LogP contribution in [0.15, 0.2) is 30.3 Å². The molecular formula is C23H32N2O5. The van der Waals surface area contributed by atoms with Gasteiger partial charge in [-0.2, -0.15) is 9.59 Å². The molecule has 0 spiro atoms. The Morgan fingerprint density at radius 3 is 2.30 bits per heavy atom. The Morgan fingerprint density at radius 2 is 1.77 bits per heavy atom. The number of carbonyl (C=O) groups excluding carboxylic acids is 4. The van der Waals surface area contributed by atoms with Gasteiger partial charge in [-0.3, -0.25) is 4.79 Å². The number of ether oxygens (including phenoxy) is 1. The largest absolute Gasteiger partial charge is 0.445 e. The molecule has 0 aromatic heterocycles. The van der Waals surface area contributed by atoms with E-state index in [-0.39, 0.29) is 36.0 Å². The monoisotopic (exact) mass is 416 g/mol. The summed E-state index contributed by atoms with van der Waals surface area (Å²) in [6.07, 6.45) is 3.96. The highest BCUT2D eigenvalue weighted by Crippen LogP contribution is 2.47. The van der Waals surface area contributed by atoms with Crippen molar-refractivity contribution in [3.05, 3.63) is 35.9 Å². The minimum atomic E-state index is -0.411. The maximum absolute atomic E-state index is 12.9. The molecule has 0 unspecified atom stereocenters. The van der Waals surface area contributed by atoms with Gasteiger partial charge in [-0.15, -0.1) is 0 Å². The molecule has 3 rings (SSSR count). The van der Waals surface area contributed by atoms with E-state index < -0.39 is 6.09 Å². The van der Waals surface area contributed by atoms with E-state index in [4.69, 9.17) is 14.3 Å². The second kappa shape index (κ2) is 10.9. The first-order chi connectivity index (χ1) is 14.3. The lowest BCUT2D eigenvalue weighted by Crippen LogP contribution is -2.63. The highest BCUT2D eigenvalue weighted by molar-refractivity contribution is 5.81. The third-order valence-corrected chi connectivity index (χ3v) is 6.57. The number of rotatable bonds is 5. The molecule has 1 aliphatic heterocycles. The lowest BCUT2D eigenvalue weighted by Gasteiger charge is -2.52. The minimum Gasteiger partial charge on any atom is -0.445 e. The van der Waals surface area contributed by atoms with Gasteiger partial charge < -0.3 is 15.0 Å². The van der Waals surface area contributed by atoms with Crippen LogP contribution in [-0.4, -0.2) is 42.2 Å². The molecule has 2 atom stereocenters. The molecule has 1 N–H and O–H groups in total. The van der Waals surface area contributed by atoms with Crippen LogP contribution in [0, 0.1) is 17.3 Å². The molecule has 164 valence electrons. The number of nitrogens with one attached hydrogen (secondary N) is 1. The fourth-order valence-corrected chi connectivity index (χ4v) is 4.28. The van der Waals surface area contributed by atoms with Gasteiger partial charge in [0.25, 0.3) is 0 Å². The summed E-state index contributed by atoms with van der Waals surface area (Å²) in [6.45, 7) is 8.38. The van der Waals surface area contributed by atoms with Crippen molar-refractivity contribution < 1.29 is 23.9 Å². The van der Waals surface area contributed by atoms with Crippen LogP contribution in [0.25, 0.3) is 0 Å². The summed E-state index contributed by atoms with van der Waals surface area (Å²) >= 11 is 0. The number of hydrogen-bond acceptors (Lipinski definition) is 5.